The van der Waals surface area contributed by atoms with Crippen LogP contribution in [0.25, 0.3) is 0 Å². The van der Waals surface area contributed by atoms with Crippen molar-refractivity contribution in [1.29, 1.82) is 5.26 Å². The number of hydrogen-bond donors (Lipinski definition) is 0. The van der Waals surface area contributed by atoms with Crippen molar-refractivity contribution >= 4 is 17.1 Å². The highest BCUT2D eigenvalue weighted by Crippen LogP contribution is 2.46. The van der Waals surface area contributed by atoms with Crippen molar-refractivity contribution in [2.75, 3.05) is 16.8 Å². The van der Waals surface area contributed by atoms with Crippen molar-refractivity contribution in [3.05, 3.63) is 53.1 Å². The Morgan fingerprint density at radius 2 is 1.86 bits per heavy atom. The summed E-state index contributed by atoms with van der Waals surface area (Å²) in [6.45, 7) is 6.39. The zero-order chi connectivity index (χ0) is 15.1. The van der Waals surface area contributed by atoms with E-state index in [-0.39, 0.29) is 6.17 Å². The first kappa shape index (κ1) is 13.5. The van der Waals surface area contributed by atoms with E-state index in [9.17, 15) is 5.26 Å². The van der Waals surface area contributed by atoms with Gasteiger partial charge in [0.25, 0.3) is 0 Å². The van der Waals surface area contributed by atoms with Gasteiger partial charge in [-0.2, -0.15) is 5.26 Å². The Morgan fingerprint density at radius 1 is 1.10 bits per heavy atom. The SMILES string of the molecule is Cc1ccc(C)c(N2c3c(C#N)cccc3N(C)[C@@H]2C)c1. The highest BCUT2D eigenvalue weighted by atomic mass is 15.4. The Kier molecular flexibility index (Phi) is 3.10. The van der Waals surface area contributed by atoms with Gasteiger partial charge in [0.05, 0.1) is 16.9 Å². The summed E-state index contributed by atoms with van der Waals surface area (Å²) in [6.07, 6.45) is 0.190. The van der Waals surface area contributed by atoms with Crippen LogP contribution in [0.15, 0.2) is 36.4 Å². The number of nitriles is 1. The first-order valence-corrected chi connectivity index (χ1v) is 7.17. The molecule has 0 unspecified atom stereocenters. The van der Waals surface area contributed by atoms with Gasteiger partial charge >= 0.3 is 0 Å². The molecule has 21 heavy (non-hydrogen) atoms. The molecule has 3 heteroatoms. The van der Waals surface area contributed by atoms with Gasteiger partial charge < -0.3 is 9.80 Å². The summed E-state index contributed by atoms with van der Waals surface area (Å²) in [5, 5.41) is 9.47. The average molecular weight is 277 g/mol. The smallest absolute Gasteiger partial charge is 0.103 e. The lowest BCUT2D eigenvalue weighted by atomic mass is 10.1. The monoisotopic (exact) mass is 277 g/mol. The maximum atomic E-state index is 9.47. The summed E-state index contributed by atoms with van der Waals surface area (Å²) in [7, 11) is 2.08. The van der Waals surface area contributed by atoms with Crippen LogP contribution in [0.5, 0.6) is 0 Å². The van der Waals surface area contributed by atoms with Gasteiger partial charge in [0.15, 0.2) is 0 Å². The predicted octanol–water partition coefficient (Wildman–Crippen LogP) is 4.11. The van der Waals surface area contributed by atoms with Gasteiger partial charge in [-0.3, -0.25) is 0 Å². The van der Waals surface area contributed by atoms with E-state index in [1.807, 2.05) is 12.1 Å². The second-order valence-electron chi connectivity index (χ2n) is 5.69. The van der Waals surface area contributed by atoms with Gasteiger partial charge in [0.1, 0.15) is 12.2 Å². The van der Waals surface area contributed by atoms with Crippen molar-refractivity contribution in [2.24, 2.45) is 0 Å². The fourth-order valence-corrected chi connectivity index (χ4v) is 3.02. The number of aryl methyl sites for hydroxylation is 2. The van der Waals surface area contributed by atoms with E-state index >= 15 is 0 Å². The lowest BCUT2D eigenvalue weighted by Crippen LogP contribution is -2.36. The van der Waals surface area contributed by atoms with Crippen molar-refractivity contribution < 1.29 is 0 Å². The van der Waals surface area contributed by atoms with Gasteiger partial charge in [-0.25, -0.2) is 0 Å². The molecule has 0 amide bonds. The van der Waals surface area contributed by atoms with Crippen LogP contribution in [0.3, 0.4) is 0 Å². The molecule has 0 saturated heterocycles. The van der Waals surface area contributed by atoms with Gasteiger partial charge in [-0.15, -0.1) is 0 Å². The zero-order valence-electron chi connectivity index (χ0n) is 12.9. The van der Waals surface area contributed by atoms with Gasteiger partial charge in [0.2, 0.25) is 0 Å². The van der Waals surface area contributed by atoms with Gasteiger partial charge in [-0.05, 0) is 50.1 Å². The second kappa shape index (κ2) is 4.82. The van der Waals surface area contributed by atoms with Crippen LogP contribution in [0.1, 0.15) is 23.6 Å². The van der Waals surface area contributed by atoms with Crippen molar-refractivity contribution in [3.8, 4) is 6.07 Å². The summed E-state index contributed by atoms with van der Waals surface area (Å²) >= 11 is 0. The molecular weight excluding hydrogens is 258 g/mol. The molecule has 1 heterocycles. The highest BCUT2D eigenvalue weighted by molar-refractivity contribution is 5.88. The molecule has 1 aliphatic rings. The summed E-state index contributed by atoms with van der Waals surface area (Å²) < 4.78 is 0. The molecule has 0 aliphatic carbocycles. The summed E-state index contributed by atoms with van der Waals surface area (Å²) in [5.41, 5.74) is 6.49. The maximum absolute atomic E-state index is 9.47. The number of anilines is 3. The first-order chi connectivity index (χ1) is 10.0. The van der Waals surface area contributed by atoms with Crippen molar-refractivity contribution in [3.63, 3.8) is 0 Å². The van der Waals surface area contributed by atoms with Crippen LogP contribution < -0.4 is 9.80 Å². The molecule has 0 saturated carbocycles. The number of nitrogens with zero attached hydrogens (tertiary/aromatic N) is 3. The third-order valence-corrected chi connectivity index (χ3v) is 4.31. The molecule has 0 fully saturated rings. The van der Waals surface area contributed by atoms with E-state index < -0.39 is 0 Å². The van der Waals surface area contributed by atoms with Crippen LogP contribution in [0.4, 0.5) is 17.1 Å². The van der Waals surface area contributed by atoms with Crippen LogP contribution in [-0.4, -0.2) is 13.2 Å². The molecule has 2 aromatic carbocycles. The Morgan fingerprint density at radius 3 is 2.57 bits per heavy atom. The third kappa shape index (κ3) is 1.95. The minimum Gasteiger partial charge on any atom is -0.352 e. The molecule has 0 spiro atoms. The van der Waals surface area contributed by atoms with E-state index in [2.05, 4.69) is 68.0 Å². The molecule has 1 aliphatic heterocycles. The molecule has 0 aromatic heterocycles. The van der Waals surface area contributed by atoms with Crippen LogP contribution >= 0.6 is 0 Å². The Labute approximate surface area is 126 Å². The van der Waals surface area contributed by atoms with Crippen LogP contribution in [0.2, 0.25) is 0 Å². The molecule has 2 aromatic rings. The molecule has 0 N–H and O–H groups in total. The highest BCUT2D eigenvalue weighted by Gasteiger charge is 2.34. The fourth-order valence-electron chi connectivity index (χ4n) is 3.02. The molecule has 3 nitrogen and oxygen atoms in total. The average Bonchev–Trinajstić information content (AvgIpc) is 2.74. The topological polar surface area (TPSA) is 30.3 Å². The molecule has 3 rings (SSSR count). The lowest BCUT2D eigenvalue weighted by molar-refractivity contribution is 0.732. The van der Waals surface area contributed by atoms with Crippen LogP contribution in [-0.2, 0) is 0 Å². The molecular formula is C18H19N3. The lowest BCUT2D eigenvalue weighted by Gasteiger charge is -2.29. The summed E-state index contributed by atoms with van der Waals surface area (Å²) in [5.74, 6) is 0. The fraction of sp³-hybridized carbons (Fsp3) is 0.278. The quantitative estimate of drug-likeness (QED) is 0.786. The number of fused-ring (bicyclic) bond motifs is 1. The third-order valence-electron chi connectivity index (χ3n) is 4.31. The molecule has 1 atom stereocenters. The largest absolute Gasteiger partial charge is 0.352 e. The Bertz CT molecular complexity index is 743. The summed E-state index contributed by atoms with van der Waals surface area (Å²) in [4.78, 5) is 4.49. The molecule has 0 radical (unpaired) electrons. The summed E-state index contributed by atoms with van der Waals surface area (Å²) in [6, 6.07) is 14.7. The van der Waals surface area contributed by atoms with Crippen molar-refractivity contribution in [2.45, 2.75) is 26.9 Å². The standard InChI is InChI=1S/C18H19N3/c1-12-8-9-13(2)17(10-12)21-14(3)20(4)16-7-5-6-15(11-19)18(16)21/h5-10,14H,1-4H3/t14-/m0/s1. The van der Waals surface area contributed by atoms with E-state index in [0.717, 1.165) is 16.9 Å². The number of rotatable bonds is 1. The predicted molar refractivity (Wildman–Crippen MR) is 87.1 cm³/mol. The minimum atomic E-state index is 0.190. The first-order valence-electron chi connectivity index (χ1n) is 7.17. The zero-order valence-corrected chi connectivity index (χ0v) is 12.9. The number of hydrogen-bond acceptors (Lipinski definition) is 3. The minimum absolute atomic E-state index is 0.190. The van der Waals surface area contributed by atoms with Crippen molar-refractivity contribution in [1.82, 2.24) is 0 Å². The van der Waals surface area contributed by atoms with E-state index in [1.54, 1.807) is 0 Å². The Balaban J connectivity index is 2.26. The maximum Gasteiger partial charge on any atom is 0.103 e. The normalized spacial score (nSPS) is 16.8. The molecule has 106 valence electrons. The van der Waals surface area contributed by atoms with Crippen LogP contribution in [0, 0.1) is 25.2 Å². The molecule has 0 bridgehead atoms. The van der Waals surface area contributed by atoms with Gasteiger partial charge in [-0.1, -0.05) is 18.2 Å². The van der Waals surface area contributed by atoms with E-state index in [0.29, 0.717) is 0 Å². The second-order valence-corrected chi connectivity index (χ2v) is 5.69. The van der Waals surface area contributed by atoms with Gasteiger partial charge in [0, 0.05) is 12.7 Å². The van der Waals surface area contributed by atoms with E-state index in [4.69, 9.17) is 0 Å². The number of benzene rings is 2. The Hall–Kier alpha value is -2.47. The number of para-hydroxylation sites is 1. The van der Waals surface area contributed by atoms with E-state index in [1.165, 1.54) is 16.8 Å².